The molecule has 0 N–H and O–H groups in total. The second kappa shape index (κ2) is 4.64. The summed E-state index contributed by atoms with van der Waals surface area (Å²) >= 11 is 0. The smallest absolute Gasteiger partial charge is 0.457 e. The lowest BCUT2D eigenvalue weighted by molar-refractivity contribution is -0.149. The lowest BCUT2D eigenvalue weighted by atomic mass is 10.1. The third kappa shape index (κ3) is 2.76. The van der Waals surface area contributed by atoms with Crippen molar-refractivity contribution >= 4 is 5.97 Å². The van der Waals surface area contributed by atoms with Crippen LogP contribution >= 0.6 is 0 Å². The molecule has 14 heavy (non-hydrogen) atoms. The van der Waals surface area contributed by atoms with Gasteiger partial charge in [0.2, 0.25) is 0 Å². The highest BCUT2D eigenvalue weighted by Gasteiger charge is 2.13. The van der Waals surface area contributed by atoms with Gasteiger partial charge < -0.3 is 13.6 Å². The third-order valence-electron chi connectivity index (χ3n) is 1.87. The van der Waals surface area contributed by atoms with Crippen LogP contribution in [-0.2, 0) is 16.1 Å². The Morgan fingerprint density at radius 3 is 2.86 bits per heavy atom. The molecule has 1 rings (SSSR count). The van der Waals surface area contributed by atoms with Crippen LogP contribution in [0.3, 0.4) is 0 Å². The van der Waals surface area contributed by atoms with E-state index in [-0.39, 0.29) is 24.3 Å². The zero-order chi connectivity index (χ0) is 10.6. The van der Waals surface area contributed by atoms with E-state index in [0.717, 1.165) is 6.26 Å². The van der Waals surface area contributed by atoms with E-state index < -0.39 is 5.82 Å². The molecule has 0 saturated carbocycles. The van der Waals surface area contributed by atoms with Crippen LogP contribution in [0.5, 0.6) is 0 Å². The van der Waals surface area contributed by atoms with Crippen LogP contribution in [0.4, 0.5) is 0 Å². The summed E-state index contributed by atoms with van der Waals surface area (Å²) < 4.78 is 13.8. The van der Waals surface area contributed by atoms with E-state index in [9.17, 15) is 9.59 Å². The SMILES string of the molecule is CC[C@H](C)C(=O)OCc1coc(=O)o1. The normalized spacial score (nSPS) is 12.4. The number of carbonyl (C=O) groups is 1. The van der Waals surface area contributed by atoms with Crippen molar-refractivity contribution in [2.45, 2.75) is 26.9 Å². The second-order valence-electron chi connectivity index (χ2n) is 2.97. The average molecular weight is 200 g/mol. The number of carbonyl (C=O) groups excluding carboxylic acids is 1. The minimum atomic E-state index is -0.792. The van der Waals surface area contributed by atoms with Gasteiger partial charge in [0, 0.05) is 0 Å². The van der Waals surface area contributed by atoms with E-state index in [0.29, 0.717) is 6.42 Å². The molecule has 1 heterocycles. The molecule has 0 aliphatic rings. The van der Waals surface area contributed by atoms with Gasteiger partial charge in [0.05, 0.1) is 5.92 Å². The van der Waals surface area contributed by atoms with Crippen molar-refractivity contribution in [2.75, 3.05) is 0 Å². The molecule has 0 fully saturated rings. The summed E-state index contributed by atoms with van der Waals surface area (Å²) in [4.78, 5) is 21.6. The highest BCUT2D eigenvalue weighted by Crippen LogP contribution is 2.06. The van der Waals surface area contributed by atoms with Crippen molar-refractivity contribution in [1.29, 1.82) is 0 Å². The van der Waals surface area contributed by atoms with E-state index in [1.807, 2.05) is 6.92 Å². The molecule has 1 aromatic rings. The fourth-order valence-electron chi connectivity index (χ4n) is 0.784. The fourth-order valence-corrected chi connectivity index (χ4v) is 0.784. The maximum absolute atomic E-state index is 11.2. The van der Waals surface area contributed by atoms with Crippen LogP contribution in [0.25, 0.3) is 0 Å². The number of esters is 1. The minimum absolute atomic E-state index is 0.0606. The molecule has 0 spiro atoms. The van der Waals surface area contributed by atoms with Crippen LogP contribution in [0, 0.1) is 5.92 Å². The van der Waals surface area contributed by atoms with Crippen molar-refractivity contribution in [3.63, 3.8) is 0 Å². The van der Waals surface area contributed by atoms with Gasteiger partial charge in [0.1, 0.15) is 6.26 Å². The van der Waals surface area contributed by atoms with E-state index >= 15 is 0 Å². The molecule has 5 nitrogen and oxygen atoms in total. The van der Waals surface area contributed by atoms with Crippen molar-refractivity contribution in [2.24, 2.45) is 5.92 Å². The average Bonchev–Trinajstić information content (AvgIpc) is 2.59. The Morgan fingerprint density at radius 1 is 1.64 bits per heavy atom. The summed E-state index contributed by atoms with van der Waals surface area (Å²) in [6.07, 6.45) is 1.85. The number of hydrogen-bond acceptors (Lipinski definition) is 5. The first-order chi connectivity index (χ1) is 6.63. The van der Waals surface area contributed by atoms with Gasteiger partial charge in [-0.25, -0.2) is 4.79 Å². The topological polar surface area (TPSA) is 69.7 Å². The second-order valence-corrected chi connectivity index (χ2v) is 2.97. The Bertz CT molecular complexity index is 348. The van der Waals surface area contributed by atoms with Crippen LogP contribution in [0.15, 0.2) is 19.9 Å². The van der Waals surface area contributed by atoms with Crippen LogP contribution < -0.4 is 5.82 Å². The van der Waals surface area contributed by atoms with Crippen LogP contribution in [0.2, 0.25) is 0 Å². The molecule has 1 aromatic heterocycles. The Balaban J connectivity index is 2.41. The van der Waals surface area contributed by atoms with Crippen molar-refractivity contribution in [3.05, 3.63) is 22.6 Å². The molecule has 5 heteroatoms. The summed E-state index contributed by atoms with van der Waals surface area (Å²) in [5.41, 5.74) is 0. The van der Waals surface area contributed by atoms with Crippen LogP contribution in [-0.4, -0.2) is 5.97 Å². The molecule has 0 radical (unpaired) electrons. The van der Waals surface area contributed by atoms with Gasteiger partial charge >= 0.3 is 11.8 Å². The lowest BCUT2D eigenvalue weighted by Gasteiger charge is -2.06. The van der Waals surface area contributed by atoms with Gasteiger partial charge in [-0.05, 0) is 6.42 Å². The molecule has 78 valence electrons. The molecule has 0 bridgehead atoms. The fraction of sp³-hybridized carbons (Fsp3) is 0.556. The van der Waals surface area contributed by atoms with E-state index in [4.69, 9.17) is 4.74 Å². The zero-order valence-corrected chi connectivity index (χ0v) is 8.11. The third-order valence-corrected chi connectivity index (χ3v) is 1.87. The summed E-state index contributed by atoms with van der Waals surface area (Å²) in [6.45, 7) is 3.60. The first kappa shape index (κ1) is 10.6. The Hall–Kier alpha value is -1.52. The largest absolute Gasteiger partial charge is 0.518 e. The predicted molar refractivity (Wildman–Crippen MR) is 46.5 cm³/mol. The Kier molecular flexibility index (Phi) is 3.50. The molecule has 0 saturated heterocycles. The molecule has 0 unspecified atom stereocenters. The summed E-state index contributed by atoms with van der Waals surface area (Å²) in [7, 11) is 0. The highest BCUT2D eigenvalue weighted by atomic mass is 16.6. The van der Waals surface area contributed by atoms with Gasteiger partial charge in [-0.1, -0.05) is 13.8 Å². The van der Waals surface area contributed by atoms with Crippen molar-refractivity contribution < 1.29 is 18.4 Å². The van der Waals surface area contributed by atoms with E-state index in [2.05, 4.69) is 8.83 Å². The van der Waals surface area contributed by atoms with E-state index in [1.165, 1.54) is 0 Å². The number of rotatable bonds is 4. The minimum Gasteiger partial charge on any atom is -0.457 e. The monoisotopic (exact) mass is 200 g/mol. The molecule has 0 aliphatic heterocycles. The maximum atomic E-state index is 11.2. The first-order valence-corrected chi connectivity index (χ1v) is 4.37. The quantitative estimate of drug-likeness (QED) is 0.685. The first-order valence-electron chi connectivity index (χ1n) is 4.37. The number of hydrogen-bond donors (Lipinski definition) is 0. The maximum Gasteiger partial charge on any atom is 0.518 e. The summed E-state index contributed by atoms with van der Waals surface area (Å²) in [6, 6.07) is 0. The van der Waals surface area contributed by atoms with Gasteiger partial charge in [-0.3, -0.25) is 4.79 Å². The lowest BCUT2D eigenvalue weighted by Crippen LogP contribution is -2.13. The molecule has 1 atom stereocenters. The molecular formula is C9H12O5. The Labute approximate surface area is 80.7 Å². The molecule has 0 amide bonds. The van der Waals surface area contributed by atoms with Gasteiger partial charge in [0.15, 0.2) is 12.4 Å². The zero-order valence-electron chi connectivity index (χ0n) is 8.11. The molecule has 0 aromatic carbocycles. The van der Waals surface area contributed by atoms with Crippen LogP contribution in [0.1, 0.15) is 26.0 Å². The summed E-state index contributed by atoms with van der Waals surface area (Å²) in [5.74, 6) is -1.03. The van der Waals surface area contributed by atoms with Crippen molar-refractivity contribution in [1.82, 2.24) is 0 Å². The van der Waals surface area contributed by atoms with Gasteiger partial charge in [-0.15, -0.1) is 0 Å². The number of ether oxygens (including phenoxy) is 1. The van der Waals surface area contributed by atoms with Gasteiger partial charge in [-0.2, -0.15) is 0 Å². The standard InChI is InChI=1S/C9H12O5/c1-3-6(2)8(10)12-4-7-5-13-9(11)14-7/h5-6H,3-4H2,1-2H3/t6-/m0/s1. The highest BCUT2D eigenvalue weighted by molar-refractivity contribution is 5.71. The predicted octanol–water partition coefficient (Wildman–Crippen LogP) is 1.32. The van der Waals surface area contributed by atoms with Crippen molar-refractivity contribution in [3.8, 4) is 0 Å². The summed E-state index contributed by atoms with van der Waals surface area (Å²) in [5, 5.41) is 0. The molecule has 0 aliphatic carbocycles. The van der Waals surface area contributed by atoms with E-state index in [1.54, 1.807) is 6.92 Å². The molecular weight excluding hydrogens is 188 g/mol. The van der Waals surface area contributed by atoms with Gasteiger partial charge in [0.25, 0.3) is 0 Å². The Morgan fingerprint density at radius 2 is 2.36 bits per heavy atom.